The van der Waals surface area contributed by atoms with Crippen molar-refractivity contribution in [2.24, 2.45) is 10.9 Å². The van der Waals surface area contributed by atoms with Crippen molar-refractivity contribution in [2.75, 3.05) is 45.1 Å². The predicted octanol–water partition coefficient (Wildman–Crippen LogP) is 4.19. The van der Waals surface area contributed by atoms with Gasteiger partial charge < -0.3 is 19.7 Å². The lowest BCUT2D eigenvalue weighted by Gasteiger charge is -2.28. The molecule has 2 heterocycles. The molecule has 2 N–H and O–H groups in total. The summed E-state index contributed by atoms with van der Waals surface area (Å²) in [6.07, 6.45) is 1.99. The van der Waals surface area contributed by atoms with E-state index in [4.69, 9.17) is 14.5 Å². The van der Waals surface area contributed by atoms with Crippen LogP contribution in [0.2, 0.25) is 0 Å². The topological polar surface area (TPSA) is 83.9 Å². The highest BCUT2D eigenvalue weighted by Gasteiger charge is 2.20. The molecule has 2 aromatic rings. The minimum absolute atomic E-state index is 0.0374. The number of likely N-dealkylation sites (N-methyl/N-ethyl adjacent to an activating group) is 1. The molecule has 3 atom stereocenters. The van der Waals surface area contributed by atoms with Crippen LogP contribution in [0.3, 0.4) is 0 Å². The molecular weight excluding hydrogens is 460 g/mol. The van der Waals surface area contributed by atoms with Gasteiger partial charge in [0.05, 0.1) is 23.8 Å². The molecule has 0 aliphatic carbocycles. The zero-order valence-electron chi connectivity index (χ0n) is 22.0. The van der Waals surface area contributed by atoms with Crippen LogP contribution in [0.15, 0.2) is 29.3 Å². The Labute approximate surface area is 214 Å². The van der Waals surface area contributed by atoms with Crippen LogP contribution < -0.4 is 14.8 Å². The van der Waals surface area contributed by atoms with Gasteiger partial charge in [0.15, 0.2) is 0 Å². The van der Waals surface area contributed by atoms with Gasteiger partial charge in [-0.1, -0.05) is 18.2 Å². The monoisotopic (exact) mass is 500 g/mol. The third-order valence-electron chi connectivity index (χ3n) is 5.75. The molecule has 1 aromatic carbocycles. The standard InChI is InChI=1S/C26H40N6O2S/c1-17(2)34-22(13-27-6)15-32(7)14-21-12-28-20(5)35-31-26-29-23(11-24(30-26)33-16-21)25-18(3)9-8-10-19(25)4/h8-11,13,17,20-22,28H,12,14-16H2,1-7H3,(H,29,30,31). The van der Waals surface area contributed by atoms with E-state index >= 15 is 0 Å². The highest BCUT2D eigenvalue weighted by atomic mass is 32.2. The highest BCUT2D eigenvalue weighted by molar-refractivity contribution is 8.01. The second-order valence-corrected chi connectivity index (χ2v) is 10.6. The van der Waals surface area contributed by atoms with Crippen LogP contribution in [0.5, 0.6) is 5.88 Å². The predicted molar refractivity (Wildman–Crippen MR) is 147 cm³/mol. The largest absolute Gasteiger partial charge is 0.477 e. The Kier molecular flexibility index (Phi) is 10.3. The lowest BCUT2D eigenvalue weighted by atomic mass is 10.00. The van der Waals surface area contributed by atoms with Crippen molar-refractivity contribution in [2.45, 2.75) is 52.2 Å². The highest BCUT2D eigenvalue weighted by Crippen LogP contribution is 2.29. The summed E-state index contributed by atoms with van der Waals surface area (Å²) in [4.78, 5) is 15.9. The number of hydrogen-bond acceptors (Lipinski definition) is 9. The maximum absolute atomic E-state index is 6.26. The van der Waals surface area contributed by atoms with Crippen LogP contribution >= 0.6 is 11.9 Å². The number of nitrogens with zero attached hydrogens (tertiary/aromatic N) is 4. The smallest absolute Gasteiger partial charge is 0.236 e. The summed E-state index contributed by atoms with van der Waals surface area (Å²) in [5.74, 6) is 1.41. The number of aromatic nitrogens is 2. The van der Waals surface area contributed by atoms with E-state index in [2.05, 4.69) is 70.9 Å². The Morgan fingerprint density at radius 3 is 2.71 bits per heavy atom. The maximum Gasteiger partial charge on any atom is 0.236 e. The Bertz CT molecular complexity index is 966. The van der Waals surface area contributed by atoms with Crippen molar-refractivity contribution in [3.05, 3.63) is 35.4 Å². The lowest BCUT2D eigenvalue weighted by molar-refractivity contribution is 0.0285. The average molecular weight is 501 g/mol. The fraction of sp³-hybridized carbons (Fsp3) is 0.577. The van der Waals surface area contributed by atoms with Gasteiger partial charge in [-0.3, -0.25) is 9.71 Å². The first-order chi connectivity index (χ1) is 16.7. The van der Waals surface area contributed by atoms with Gasteiger partial charge in [0.25, 0.3) is 0 Å². The first-order valence-electron chi connectivity index (χ1n) is 12.2. The second-order valence-electron chi connectivity index (χ2n) is 9.48. The molecule has 0 radical (unpaired) electrons. The van der Waals surface area contributed by atoms with Crippen molar-refractivity contribution in [1.82, 2.24) is 20.2 Å². The van der Waals surface area contributed by atoms with E-state index < -0.39 is 0 Å². The van der Waals surface area contributed by atoms with Gasteiger partial charge in [0.1, 0.15) is 6.10 Å². The summed E-state index contributed by atoms with van der Waals surface area (Å²) in [5.41, 5.74) is 4.36. The van der Waals surface area contributed by atoms with Gasteiger partial charge in [-0.25, -0.2) is 4.98 Å². The summed E-state index contributed by atoms with van der Waals surface area (Å²) < 4.78 is 15.6. The molecule has 8 nitrogen and oxygen atoms in total. The normalized spacial score (nSPS) is 19.9. The minimum atomic E-state index is -0.0374. The molecule has 1 aliphatic heterocycles. The minimum Gasteiger partial charge on any atom is -0.477 e. The molecule has 3 rings (SSSR count). The first kappa shape index (κ1) is 27.4. The average Bonchev–Trinajstić information content (AvgIpc) is 2.80. The van der Waals surface area contributed by atoms with Gasteiger partial charge in [0, 0.05) is 50.4 Å². The molecule has 0 fully saturated rings. The molecule has 192 valence electrons. The van der Waals surface area contributed by atoms with E-state index in [1.807, 2.05) is 26.1 Å². The number of nitrogens with one attached hydrogen (secondary N) is 2. The van der Waals surface area contributed by atoms with Crippen LogP contribution in [0.25, 0.3) is 11.3 Å². The fourth-order valence-corrected chi connectivity index (χ4v) is 4.80. The van der Waals surface area contributed by atoms with E-state index in [1.165, 1.54) is 11.1 Å². The number of benzene rings is 1. The molecule has 1 aliphatic rings. The van der Waals surface area contributed by atoms with Gasteiger partial charge >= 0.3 is 0 Å². The van der Waals surface area contributed by atoms with E-state index in [-0.39, 0.29) is 23.5 Å². The molecule has 35 heavy (non-hydrogen) atoms. The number of anilines is 1. The zero-order chi connectivity index (χ0) is 25.4. The van der Waals surface area contributed by atoms with Crippen molar-refractivity contribution in [3.8, 4) is 17.1 Å². The van der Waals surface area contributed by atoms with Crippen LogP contribution in [0.4, 0.5) is 5.95 Å². The van der Waals surface area contributed by atoms with Crippen LogP contribution in [0.1, 0.15) is 31.9 Å². The molecule has 3 unspecified atom stereocenters. The number of aliphatic imine (C=N–C) groups is 1. The quantitative estimate of drug-likeness (QED) is 0.412. The van der Waals surface area contributed by atoms with Gasteiger partial charge in [0.2, 0.25) is 11.8 Å². The van der Waals surface area contributed by atoms with E-state index in [9.17, 15) is 0 Å². The van der Waals surface area contributed by atoms with Crippen molar-refractivity contribution in [3.63, 3.8) is 0 Å². The van der Waals surface area contributed by atoms with Gasteiger partial charge in [-0.2, -0.15) is 4.98 Å². The summed E-state index contributed by atoms with van der Waals surface area (Å²) >= 11 is 1.57. The number of fused-ring (bicyclic) bond motifs is 2. The van der Waals surface area contributed by atoms with Crippen LogP contribution in [-0.4, -0.2) is 79.0 Å². The van der Waals surface area contributed by atoms with Crippen molar-refractivity contribution < 1.29 is 9.47 Å². The van der Waals surface area contributed by atoms with Crippen molar-refractivity contribution in [1.29, 1.82) is 0 Å². The van der Waals surface area contributed by atoms with E-state index in [1.54, 1.807) is 19.0 Å². The van der Waals surface area contributed by atoms with Crippen LogP contribution in [0, 0.1) is 19.8 Å². The first-order valence-corrected chi connectivity index (χ1v) is 13.1. The third-order valence-corrected chi connectivity index (χ3v) is 6.57. The molecule has 1 aromatic heterocycles. The van der Waals surface area contributed by atoms with Crippen LogP contribution in [-0.2, 0) is 4.74 Å². The number of aryl methyl sites for hydroxylation is 2. The summed E-state index contributed by atoms with van der Waals surface area (Å²) in [7, 11) is 3.90. The third kappa shape index (κ3) is 8.45. The van der Waals surface area contributed by atoms with E-state index in [0.29, 0.717) is 18.4 Å². The summed E-state index contributed by atoms with van der Waals surface area (Å²) in [5, 5.41) is 3.78. The molecule has 2 bridgehead atoms. The van der Waals surface area contributed by atoms with Gasteiger partial charge in [-0.05, 0) is 64.7 Å². The SMILES string of the molecule is CN=CC(CN(C)CC1CNC(C)SNc2nc(cc(-c3c(C)cccc3C)n2)OC1)OC(C)C. The van der Waals surface area contributed by atoms with Crippen molar-refractivity contribution >= 4 is 24.1 Å². The Morgan fingerprint density at radius 1 is 1.29 bits per heavy atom. The summed E-state index contributed by atoms with van der Waals surface area (Å²) in [6.45, 7) is 13.5. The Hall–Kier alpha value is -2.20. The molecule has 0 saturated heterocycles. The number of rotatable bonds is 8. The second kappa shape index (κ2) is 13.2. The Morgan fingerprint density at radius 2 is 2.03 bits per heavy atom. The molecule has 0 spiro atoms. The molecule has 0 saturated carbocycles. The number of ether oxygens (including phenoxy) is 2. The fourth-order valence-electron chi connectivity index (χ4n) is 4.25. The molecule has 0 amide bonds. The lowest BCUT2D eigenvalue weighted by Crippen LogP contribution is -2.41. The maximum atomic E-state index is 6.26. The summed E-state index contributed by atoms with van der Waals surface area (Å²) in [6, 6.07) is 8.24. The zero-order valence-corrected chi connectivity index (χ0v) is 22.9. The van der Waals surface area contributed by atoms with Gasteiger partial charge in [-0.15, -0.1) is 0 Å². The Balaban J connectivity index is 1.77. The molecular formula is C26H40N6O2S. The van der Waals surface area contributed by atoms with E-state index in [0.717, 1.165) is 30.9 Å². The molecule has 9 heteroatoms. The number of hydrogen-bond donors (Lipinski definition) is 2.